The Labute approximate surface area is 647 Å². The number of phenols is 1. The molecule has 582 valence electrons. The maximum atomic E-state index is 15.9. The number of aliphatic hydroxyl groups excluding tert-OH is 3. The Morgan fingerprint density at radius 2 is 1.03 bits per heavy atom. The number of aromatic hydroxyl groups is 1. The van der Waals surface area contributed by atoms with Crippen molar-refractivity contribution in [3.8, 4) is 5.75 Å². The summed E-state index contributed by atoms with van der Waals surface area (Å²) in [5.41, 5.74) is 22.2. The fourth-order valence-electron chi connectivity index (χ4n) is 11.8. The van der Waals surface area contributed by atoms with Gasteiger partial charge in [-0.3, -0.25) is 52.7 Å². The van der Waals surface area contributed by atoms with Gasteiger partial charge < -0.3 is 101 Å². The van der Waals surface area contributed by atoms with Crippen LogP contribution in [0, 0.1) is 3.57 Å². The molecule has 30 nitrogen and oxygen atoms in total. The number of hydrogen-bond donors (Lipinski definition) is 18. The van der Waals surface area contributed by atoms with Crippen molar-refractivity contribution in [2.45, 2.75) is 170 Å². The molecule has 1 aliphatic heterocycles. The third-order valence-corrected chi connectivity index (χ3v) is 21.5. The fraction of sp³-hybridized carbons (Fsp3) is 0.427. The molecule has 0 saturated carbocycles. The van der Waals surface area contributed by atoms with Crippen LogP contribution in [0.1, 0.15) is 80.3 Å². The van der Waals surface area contributed by atoms with Gasteiger partial charge in [0.1, 0.15) is 66.2 Å². The molecule has 0 radical (unpaired) electrons. The molecule has 33 heteroatoms. The molecule has 13 atom stereocenters. The first-order valence-corrected chi connectivity index (χ1v) is 39.0. The number of nitrogens with zero attached hydrogens (tertiary/aromatic N) is 1. The number of phenolic OH excluding ortho intramolecular Hbond substituents is 1. The van der Waals surface area contributed by atoms with E-state index in [1.165, 1.54) is 32.2 Å². The number of rotatable bonds is 21. The number of H-pyrrole nitrogens is 1. The van der Waals surface area contributed by atoms with E-state index in [1.54, 1.807) is 85.1 Å². The lowest BCUT2D eigenvalue weighted by Gasteiger charge is -2.33. The van der Waals surface area contributed by atoms with Gasteiger partial charge in [-0.15, -0.1) is 0 Å². The first kappa shape index (κ1) is 86.0. The Bertz CT molecular complexity index is 4050. The smallest absolute Gasteiger partial charge is 0.245 e. The van der Waals surface area contributed by atoms with Crippen LogP contribution in [0.2, 0.25) is 0 Å². The van der Waals surface area contributed by atoms with Crippen molar-refractivity contribution >= 4 is 120 Å². The maximum absolute atomic E-state index is 15.9. The Morgan fingerprint density at radius 1 is 0.546 bits per heavy atom. The molecule has 1 aromatic heterocycles. The second-order valence-electron chi connectivity index (χ2n) is 26.9. The SMILES string of the molecule is CC(C)NCc1ccc(C[C@H]2C(=O)N[C@H]([C@@H](C)O)C(=O)N[C@@H](Cc3ccc(O)cc3I)C(=O)N[C@H]([C@@H](C)O)C(=O)N[C@@H](CO)C(=O)N[C@H](C(N)=O)CSSC[C@@H](N)C(=O)N[C@H](CCCCN)C(=O)N[C@H](Cc3ccccc3)C(=O)N[C@@H](Cc3ccccc3)C(=O)N[C@@H](Cc3c[nH]c4ccccc34)C(=O)N2C)cc1. The molecule has 108 heavy (non-hydrogen) atoms. The topological polar surface area (TPSA) is 486 Å². The van der Waals surface area contributed by atoms with E-state index in [-0.39, 0.29) is 68.4 Å². The van der Waals surface area contributed by atoms with Gasteiger partial charge in [0.25, 0.3) is 0 Å². The van der Waals surface area contributed by atoms with Crippen LogP contribution in [0.5, 0.6) is 5.75 Å². The predicted octanol–water partition coefficient (Wildman–Crippen LogP) is -0.230. The Hall–Kier alpha value is -9.20. The van der Waals surface area contributed by atoms with Crippen molar-refractivity contribution in [3.05, 3.63) is 171 Å². The lowest BCUT2D eigenvalue weighted by Crippen LogP contribution is -2.63. The van der Waals surface area contributed by atoms with Gasteiger partial charge in [0.05, 0.1) is 24.9 Å². The number of fused-ring (bicyclic) bond motifs is 1. The van der Waals surface area contributed by atoms with E-state index in [9.17, 15) is 54.0 Å². The highest BCUT2D eigenvalue weighted by Gasteiger charge is 2.40. The van der Waals surface area contributed by atoms with Gasteiger partial charge in [0, 0.05) is 83.9 Å². The molecule has 0 spiro atoms. The quantitative estimate of drug-likeness (QED) is 0.0251. The van der Waals surface area contributed by atoms with Crippen molar-refractivity contribution in [2.24, 2.45) is 17.2 Å². The first-order chi connectivity index (χ1) is 51.5. The molecule has 21 N–H and O–H groups in total. The maximum Gasteiger partial charge on any atom is 0.245 e. The number of aliphatic hydroxyl groups is 3. The van der Waals surface area contributed by atoms with E-state index >= 15 is 19.2 Å². The monoisotopic (exact) mass is 1640 g/mol. The number of nitrogens with one attached hydrogen (secondary N) is 11. The van der Waals surface area contributed by atoms with Crippen LogP contribution in [0.3, 0.4) is 0 Å². The second-order valence-corrected chi connectivity index (χ2v) is 30.6. The van der Waals surface area contributed by atoms with Crippen LogP contribution in [-0.4, -0.2) is 212 Å². The number of primary amides is 1. The number of benzene rings is 5. The number of aromatic amines is 1. The molecule has 6 aromatic rings. The number of hydrogen-bond acceptors (Lipinski definition) is 20. The predicted molar refractivity (Wildman–Crippen MR) is 418 cm³/mol. The normalized spacial score (nSPS) is 23.6. The molecular formula is C75H98IN15O15S2. The molecule has 1 fully saturated rings. The number of unbranched alkanes of at least 4 members (excludes halogenated alkanes) is 1. The van der Waals surface area contributed by atoms with Gasteiger partial charge in [-0.1, -0.05) is 145 Å². The molecular weight excluding hydrogens is 1540 g/mol. The summed E-state index contributed by atoms with van der Waals surface area (Å²) >= 11 is 1.89. The fourth-order valence-corrected chi connectivity index (χ4v) is 14.8. The minimum atomic E-state index is -1.93. The average Bonchev–Trinajstić information content (AvgIpc) is 1.36. The third-order valence-electron chi connectivity index (χ3n) is 18.0. The van der Waals surface area contributed by atoms with E-state index in [4.69, 9.17) is 17.2 Å². The zero-order valence-corrected chi connectivity index (χ0v) is 64.4. The van der Waals surface area contributed by atoms with Gasteiger partial charge in [-0.25, -0.2) is 0 Å². The minimum absolute atomic E-state index is 0.0372. The lowest BCUT2D eigenvalue weighted by atomic mass is 9.98. The Kier molecular flexibility index (Phi) is 33.9. The standard InChI is InChI=1S/C75H98IN15O15S2/c1-41(2)80-36-47-25-23-46(24-26-47)32-62-72(103)90-64(43(4)94)73(104)85-58(33-48-27-28-50(95)35-52(48)76)70(101)89-63(42(3)93)74(105)87-60(38-92)71(102)88-61(65(79)96)40-108-107-39-53(78)66(97)82-55(22-14-15-29-77)67(98)83-56(30-44-16-8-6-9-17-44)68(99)84-57(31-45-18-10-7-11-19-45)69(100)86-59(75(106)91(62)5)34-49-37-81-54-21-13-12-20-51(49)54/h6-13,16-21,23-28,35,37,41-43,53,55-64,80-81,92-95H,14-15,22,29-34,36,38-40,77-78H2,1-5H3,(H2,79,96)(H,82,97)(H,83,98)(H,84,99)(H,85,104)(H,86,100)(H,87,105)(H,88,102)(H,89,101)(H,90,103)/t42-,43-,53-,55-,56-,57+,58+,59+,60+,61+,62+,63-,64-/m1/s1. The number of halogens is 1. The molecule has 11 amide bonds. The average molecular weight is 1640 g/mol. The first-order valence-electron chi connectivity index (χ1n) is 35.4. The highest BCUT2D eigenvalue weighted by Crippen LogP contribution is 2.25. The summed E-state index contributed by atoms with van der Waals surface area (Å²) in [7, 11) is 3.28. The zero-order chi connectivity index (χ0) is 78.7. The van der Waals surface area contributed by atoms with Gasteiger partial charge in [0.2, 0.25) is 65.0 Å². The molecule has 0 aliphatic carbocycles. The Balaban J connectivity index is 1.34. The van der Waals surface area contributed by atoms with E-state index in [0.29, 0.717) is 61.7 Å². The van der Waals surface area contributed by atoms with Crippen molar-refractivity contribution in [3.63, 3.8) is 0 Å². The Morgan fingerprint density at radius 3 is 1.59 bits per heavy atom. The summed E-state index contributed by atoms with van der Waals surface area (Å²) in [6.07, 6.45) is -2.14. The van der Waals surface area contributed by atoms with Crippen molar-refractivity contribution in [2.75, 3.05) is 31.7 Å². The van der Waals surface area contributed by atoms with E-state index < -0.39 is 150 Å². The number of para-hydroxylation sites is 1. The third kappa shape index (κ3) is 26.0. The number of amides is 11. The summed E-state index contributed by atoms with van der Waals surface area (Å²) in [6.45, 7) is 5.93. The molecule has 1 saturated heterocycles. The number of nitrogens with two attached hydrogens (primary N) is 3. The molecule has 1 aliphatic rings. The van der Waals surface area contributed by atoms with E-state index in [2.05, 4.69) is 58.2 Å². The zero-order valence-electron chi connectivity index (χ0n) is 60.6. The van der Waals surface area contributed by atoms with Crippen LogP contribution < -0.4 is 70.4 Å². The van der Waals surface area contributed by atoms with Crippen molar-refractivity contribution in [1.82, 2.24) is 63.1 Å². The highest BCUT2D eigenvalue weighted by atomic mass is 127. The molecule has 7 rings (SSSR count). The molecule has 0 unspecified atom stereocenters. The van der Waals surface area contributed by atoms with Crippen LogP contribution in [0.4, 0.5) is 0 Å². The summed E-state index contributed by atoms with van der Waals surface area (Å²) < 4.78 is 0.403. The molecule has 5 aromatic carbocycles. The molecule has 2 heterocycles. The van der Waals surface area contributed by atoms with Crippen molar-refractivity contribution in [1.29, 1.82) is 0 Å². The van der Waals surface area contributed by atoms with Gasteiger partial charge in [-0.2, -0.15) is 0 Å². The minimum Gasteiger partial charge on any atom is -0.508 e. The van der Waals surface area contributed by atoms with Crippen LogP contribution in [0.15, 0.2) is 134 Å². The van der Waals surface area contributed by atoms with Gasteiger partial charge in [0.15, 0.2) is 0 Å². The summed E-state index contributed by atoms with van der Waals surface area (Å²) in [5.74, 6) is -11.4. The van der Waals surface area contributed by atoms with Gasteiger partial charge in [-0.05, 0) is 114 Å². The molecule has 0 bridgehead atoms. The van der Waals surface area contributed by atoms with E-state index in [0.717, 1.165) is 39.0 Å². The highest BCUT2D eigenvalue weighted by molar-refractivity contribution is 14.1. The largest absolute Gasteiger partial charge is 0.508 e. The van der Waals surface area contributed by atoms with Crippen molar-refractivity contribution < 1.29 is 73.2 Å². The number of carbonyl (C=O) groups is 11. The van der Waals surface area contributed by atoms with Crippen LogP contribution in [0.25, 0.3) is 10.9 Å². The summed E-state index contributed by atoms with van der Waals surface area (Å²) in [6, 6.07) is 18.5. The van der Waals surface area contributed by atoms with Crippen LogP contribution >= 0.6 is 44.2 Å². The lowest BCUT2D eigenvalue weighted by molar-refractivity contribution is -0.143. The van der Waals surface area contributed by atoms with Crippen LogP contribution in [-0.2, 0) is 91.4 Å². The number of carbonyl (C=O) groups excluding carboxylic acids is 11. The number of aromatic nitrogens is 1. The summed E-state index contributed by atoms with van der Waals surface area (Å²) in [5, 5.41) is 71.1. The summed E-state index contributed by atoms with van der Waals surface area (Å²) in [4.78, 5) is 166. The second kappa shape index (κ2) is 42.5. The number of likely N-dealkylation sites (N-methyl/N-ethyl adjacent to an activating group) is 1. The van der Waals surface area contributed by atoms with Gasteiger partial charge >= 0.3 is 0 Å². The van der Waals surface area contributed by atoms with E-state index in [1.807, 2.05) is 66.8 Å².